The van der Waals surface area contributed by atoms with Gasteiger partial charge >= 0.3 is 0 Å². The Hall–Kier alpha value is -1.44. The Morgan fingerprint density at radius 3 is 2.62 bits per heavy atom. The van der Waals surface area contributed by atoms with Crippen molar-refractivity contribution in [2.24, 2.45) is 0 Å². The predicted molar refractivity (Wildman–Crippen MR) is 102 cm³/mol. The van der Waals surface area contributed by atoms with Gasteiger partial charge in [-0.05, 0) is 57.4 Å². The number of carbonyl (C=O) groups excluding carboxylic acids is 1. The minimum atomic E-state index is -3.61. The van der Waals surface area contributed by atoms with Gasteiger partial charge in [0, 0.05) is 30.7 Å². The third-order valence-electron chi connectivity index (χ3n) is 5.48. The summed E-state index contributed by atoms with van der Waals surface area (Å²) in [4.78, 5) is 15.0. The van der Waals surface area contributed by atoms with Gasteiger partial charge in [-0.1, -0.05) is 18.9 Å². The third kappa shape index (κ3) is 4.10. The van der Waals surface area contributed by atoms with Crippen LogP contribution in [0.2, 0.25) is 0 Å². The zero-order chi connectivity index (χ0) is 18.7. The Morgan fingerprint density at radius 1 is 1.19 bits per heavy atom. The number of aryl methyl sites for hydroxylation is 1. The van der Waals surface area contributed by atoms with E-state index < -0.39 is 10.0 Å². The van der Waals surface area contributed by atoms with E-state index in [9.17, 15) is 13.2 Å². The number of amides is 1. The van der Waals surface area contributed by atoms with E-state index in [1.165, 1.54) is 0 Å². The molecule has 3 rings (SSSR count). The van der Waals surface area contributed by atoms with Gasteiger partial charge in [-0.25, -0.2) is 13.1 Å². The van der Waals surface area contributed by atoms with Gasteiger partial charge in [0.2, 0.25) is 10.0 Å². The number of sulfonamides is 1. The molecular formula is C19H29N3O3S. The second-order valence-corrected chi connectivity index (χ2v) is 9.12. The van der Waals surface area contributed by atoms with E-state index in [4.69, 9.17) is 0 Å². The van der Waals surface area contributed by atoms with Crippen LogP contribution in [0.4, 0.5) is 0 Å². The molecule has 2 fully saturated rings. The molecule has 0 aromatic heterocycles. The lowest BCUT2D eigenvalue weighted by Crippen LogP contribution is -2.41. The molecule has 1 saturated carbocycles. The molecule has 6 nitrogen and oxygen atoms in total. The fourth-order valence-corrected chi connectivity index (χ4v) is 5.64. The van der Waals surface area contributed by atoms with Crippen LogP contribution in [0.1, 0.15) is 54.4 Å². The maximum Gasteiger partial charge on any atom is 0.254 e. The number of hydrogen-bond acceptors (Lipinski definition) is 4. The molecule has 1 atom stereocenters. The first-order valence-electron chi connectivity index (χ1n) is 9.51. The molecule has 1 aliphatic carbocycles. The SMILES string of the molecule is CNCC1CCCN1C(=O)c1ccc(C)c(S(=O)(=O)NC2CCCC2)c1. The lowest BCUT2D eigenvalue weighted by molar-refractivity contribution is 0.0737. The predicted octanol–water partition coefficient (Wildman–Crippen LogP) is 2.04. The maximum absolute atomic E-state index is 13.0. The second-order valence-electron chi connectivity index (χ2n) is 7.44. The fourth-order valence-electron chi connectivity index (χ4n) is 4.07. The van der Waals surface area contributed by atoms with Crippen LogP contribution in [0, 0.1) is 6.92 Å². The molecule has 26 heavy (non-hydrogen) atoms. The molecule has 1 aliphatic heterocycles. The van der Waals surface area contributed by atoms with E-state index >= 15 is 0 Å². The average molecular weight is 380 g/mol. The van der Waals surface area contributed by atoms with Crippen molar-refractivity contribution in [2.75, 3.05) is 20.1 Å². The largest absolute Gasteiger partial charge is 0.334 e. The molecule has 1 saturated heterocycles. The van der Waals surface area contributed by atoms with E-state index in [-0.39, 0.29) is 22.9 Å². The first kappa shape index (κ1) is 19.3. The molecule has 0 bridgehead atoms. The van der Waals surface area contributed by atoms with Gasteiger partial charge in [-0.2, -0.15) is 0 Å². The van der Waals surface area contributed by atoms with E-state index in [0.29, 0.717) is 11.1 Å². The van der Waals surface area contributed by atoms with Crippen LogP contribution in [0.25, 0.3) is 0 Å². The molecule has 7 heteroatoms. The van der Waals surface area contributed by atoms with Gasteiger partial charge in [-0.3, -0.25) is 4.79 Å². The van der Waals surface area contributed by atoms with Crippen molar-refractivity contribution in [3.63, 3.8) is 0 Å². The van der Waals surface area contributed by atoms with Gasteiger partial charge in [0.05, 0.1) is 4.90 Å². The van der Waals surface area contributed by atoms with Crippen molar-refractivity contribution in [2.45, 2.75) is 62.4 Å². The molecule has 2 N–H and O–H groups in total. The lowest BCUT2D eigenvalue weighted by atomic mass is 10.1. The molecule has 144 valence electrons. The average Bonchev–Trinajstić information content (AvgIpc) is 3.26. The molecular weight excluding hydrogens is 350 g/mol. The molecule has 1 amide bonds. The first-order chi connectivity index (χ1) is 12.4. The number of likely N-dealkylation sites (tertiary alicyclic amines) is 1. The zero-order valence-electron chi connectivity index (χ0n) is 15.6. The van der Waals surface area contributed by atoms with E-state index in [1.807, 2.05) is 11.9 Å². The summed E-state index contributed by atoms with van der Waals surface area (Å²) in [6, 6.07) is 5.20. The minimum Gasteiger partial charge on any atom is -0.334 e. The second kappa shape index (κ2) is 8.06. The molecule has 1 aromatic carbocycles. The maximum atomic E-state index is 13.0. The van der Waals surface area contributed by atoms with E-state index in [0.717, 1.165) is 51.6 Å². The number of carbonyl (C=O) groups is 1. The standard InChI is InChI=1S/C19H29N3O3S/c1-14-9-10-15(19(23)22-11-5-8-17(22)13-20-2)12-18(14)26(24,25)21-16-6-3-4-7-16/h9-10,12,16-17,20-21H,3-8,11,13H2,1-2H3. The molecule has 1 heterocycles. The van der Waals surface area contributed by atoms with E-state index in [2.05, 4.69) is 10.0 Å². The zero-order valence-corrected chi connectivity index (χ0v) is 16.4. The summed E-state index contributed by atoms with van der Waals surface area (Å²) >= 11 is 0. The number of nitrogens with one attached hydrogen (secondary N) is 2. The fraction of sp³-hybridized carbons (Fsp3) is 0.632. The van der Waals surface area contributed by atoms with Crippen LogP contribution in [0.15, 0.2) is 23.1 Å². The van der Waals surface area contributed by atoms with Crippen molar-refractivity contribution in [1.82, 2.24) is 14.9 Å². The summed E-state index contributed by atoms with van der Waals surface area (Å²) in [7, 11) is -1.73. The summed E-state index contributed by atoms with van der Waals surface area (Å²) in [5.41, 5.74) is 1.12. The van der Waals surface area contributed by atoms with Gasteiger partial charge < -0.3 is 10.2 Å². The number of nitrogens with zero attached hydrogens (tertiary/aromatic N) is 1. The van der Waals surface area contributed by atoms with Crippen LogP contribution in [-0.2, 0) is 10.0 Å². The molecule has 0 spiro atoms. The Morgan fingerprint density at radius 2 is 1.92 bits per heavy atom. The van der Waals surface area contributed by atoms with Crippen LogP contribution in [0.3, 0.4) is 0 Å². The summed E-state index contributed by atoms with van der Waals surface area (Å²) < 4.78 is 28.5. The Kier molecular flexibility index (Phi) is 5.99. The number of hydrogen-bond donors (Lipinski definition) is 2. The minimum absolute atomic E-state index is 0.0114. The van der Waals surface area contributed by atoms with Crippen molar-refractivity contribution in [1.29, 1.82) is 0 Å². The summed E-state index contributed by atoms with van der Waals surface area (Å²) in [6.07, 6.45) is 5.86. The number of rotatable bonds is 6. The van der Waals surface area contributed by atoms with E-state index in [1.54, 1.807) is 25.1 Å². The van der Waals surface area contributed by atoms with Gasteiger partial charge in [0.15, 0.2) is 0 Å². The van der Waals surface area contributed by atoms with Crippen LogP contribution in [-0.4, -0.2) is 51.4 Å². The van der Waals surface area contributed by atoms with Gasteiger partial charge in [0.1, 0.15) is 0 Å². The van der Waals surface area contributed by atoms with Crippen LogP contribution in [0.5, 0.6) is 0 Å². The van der Waals surface area contributed by atoms with Crippen molar-refractivity contribution in [3.8, 4) is 0 Å². The molecule has 1 unspecified atom stereocenters. The summed E-state index contributed by atoms with van der Waals surface area (Å²) in [6.45, 7) is 3.25. The smallest absolute Gasteiger partial charge is 0.254 e. The third-order valence-corrected chi connectivity index (χ3v) is 7.14. The Labute approximate surface area is 156 Å². The lowest BCUT2D eigenvalue weighted by Gasteiger charge is -2.25. The number of benzene rings is 1. The van der Waals surface area contributed by atoms with Crippen molar-refractivity contribution >= 4 is 15.9 Å². The highest BCUT2D eigenvalue weighted by Crippen LogP contribution is 2.25. The quantitative estimate of drug-likeness (QED) is 0.793. The highest BCUT2D eigenvalue weighted by Gasteiger charge is 2.30. The molecule has 2 aliphatic rings. The van der Waals surface area contributed by atoms with Crippen molar-refractivity contribution < 1.29 is 13.2 Å². The highest BCUT2D eigenvalue weighted by atomic mass is 32.2. The van der Waals surface area contributed by atoms with Crippen molar-refractivity contribution in [3.05, 3.63) is 29.3 Å². The summed E-state index contributed by atoms with van der Waals surface area (Å²) in [5, 5.41) is 3.13. The van der Waals surface area contributed by atoms with Crippen LogP contribution >= 0.6 is 0 Å². The summed E-state index contributed by atoms with van der Waals surface area (Å²) in [5.74, 6) is -0.0833. The first-order valence-corrected chi connectivity index (χ1v) is 11.0. The van der Waals surface area contributed by atoms with Crippen LogP contribution < -0.4 is 10.0 Å². The highest BCUT2D eigenvalue weighted by molar-refractivity contribution is 7.89. The Bertz CT molecular complexity index is 757. The monoisotopic (exact) mass is 379 g/mol. The molecule has 1 aromatic rings. The Balaban J connectivity index is 1.84. The number of likely N-dealkylation sites (N-methyl/N-ethyl adjacent to an activating group) is 1. The van der Waals surface area contributed by atoms with Gasteiger partial charge in [-0.15, -0.1) is 0 Å². The topological polar surface area (TPSA) is 78.5 Å². The molecule has 0 radical (unpaired) electrons. The van der Waals surface area contributed by atoms with Gasteiger partial charge in [0.25, 0.3) is 5.91 Å². The normalized spacial score (nSPS) is 21.5.